The number of thioether (sulfide) groups is 1. The van der Waals surface area contributed by atoms with Gasteiger partial charge in [-0.3, -0.25) is 4.79 Å². The molecule has 0 aromatic carbocycles. The molecule has 1 aromatic heterocycles. The van der Waals surface area contributed by atoms with Crippen molar-refractivity contribution in [3.05, 3.63) is 18.0 Å². The molecule has 25 heavy (non-hydrogen) atoms. The molecule has 0 spiro atoms. The molecule has 2 atom stereocenters. The van der Waals surface area contributed by atoms with Crippen LogP contribution in [-0.2, 0) is 10.0 Å². The number of nitrogens with two attached hydrogens (primary N) is 1. The van der Waals surface area contributed by atoms with Gasteiger partial charge in [0.1, 0.15) is 10.6 Å². The van der Waals surface area contributed by atoms with Crippen molar-refractivity contribution >= 4 is 27.7 Å². The van der Waals surface area contributed by atoms with E-state index in [0.717, 1.165) is 24.3 Å². The quantitative estimate of drug-likeness (QED) is 0.803. The minimum atomic E-state index is -3.53. The van der Waals surface area contributed by atoms with Crippen LogP contribution < -0.4 is 5.73 Å². The van der Waals surface area contributed by atoms with Crippen LogP contribution in [-0.4, -0.2) is 72.2 Å². The van der Waals surface area contributed by atoms with E-state index in [1.165, 1.54) is 16.6 Å². The molecule has 140 valence electrons. The summed E-state index contributed by atoms with van der Waals surface area (Å²) in [6, 6.07) is 1.52. The monoisotopic (exact) mass is 386 g/mol. The maximum atomic E-state index is 12.7. The molecule has 1 aromatic rings. The van der Waals surface area contributed by atoms with Crippen molar-refractivity contribution in [3.63, 3.8) is 0 Å². The van der Waals surface area contributed by atoms with Crippen LogP contribution in [0.2, 0.25) is 0 Å². The van der Waals surface area contributed by atoms with Gasteiger partial charge < -0.3 is 15.6 Å². The third kappa shape index (κ3) is 4.05. The van der Waals surface area contributed by atoms with E-state index >= 15 is 0 Å². The van der Waals surface area contributed by atoms with E-state index in [-0.39, 0.29) is 16.8 Å². The SMILES string of the molecule is CC(N)C1CCCN(C(=O)c2cc(S(=O)(=O)N3CCSCC3)c[nH]2)C1. The predicted molar refractivity (Wildman–Crippen MR) is 99.2 cm³/mol. The number of carbonyl (C=O) groups is 1. The average Bonchev–Trinajstić information content (AvgIpc) is 3.13. The van der Waals surface area contributed by atoms with E-state index < -0.39 is 10.0 Å². The molecule has 2 fully saturated rings. The summed E-state index contributed by atoms with van der Waals surface area (Å²) in [5, 5.41) is 0. The van der Waals surface area contributed by atoms with Crippen molar-refractivity contribution in [3.8, 4) is 0 Å². The van der Waals surface area contributed by atoms with Crippen molar-refractivity contribution in [1.82, 2.24) is 14.2 Å². The minimum Gasteiger partial charge on any atom is -0.356 e. The zero-order chi connectivity index (χ0) is 18.0. The fourth-order valence-electron chi connectivity index (χ4n) is 3.38. The summed E-state index contributed by atoms with van der Waals surface area (Å²) < 4.78 is 26.9. The van der Waals surface area contributed by atoms with Gasteiger partial charge in [-0.1, -0.05) is 0 Å². The van der Waals surface area contributed by atoms with Gasteiger partial charge in [-0.05, 0) is 31.7 Å². The fraction of sp³-hybridized carbons (Fsp3) is 0.688. The Morgan fingerprint density at radius 1 is 1.36 bits per heavy atom. The first-order valence-electron chi connectivity index (χ1n) is 8.71. The lowest BCUT2D eigenvalue weighted by molar-refractivity contribution is 0.0655. The van der Waals surface area contributed by atoms with Gasteiger partial charge in [0.2, 0.25) is 10.0 Å². The van der Waals surface area contributed by atoms with E-state index in [2.05, 4.69) is 4.98 Å². The molecular weight excluding hydrogens is 360 g/mol. The molecule has 3 rings (SSSR count). The third-order valence-electron chi connectivity index (χ3n) is 4.98. The second-order valence-electron chi connectivity index (χ2n) is 6.78. The van der Waals surface area contributed by atoms with Gasteiger partial charge in [0.05, 0.1) is 0 Å². The Balaban J connectivity index is 1.73. The van der Waals surface area contributed by atoms with E-state index in [1.54, 1.807) is 16.7 Å². The van der Waals surface area contributed by atoms with Crippen molar-refractivity contribution < 1.29 is 13.2 Å². The molecule has 0 bridgehead atoms. The van der Waals surface area contributed by atoms with Gasteiger partial charge in [-0.2, -0.15) is 16.1 Å². The number of rotatable bonds is 4. The Morgan fingerprint density at radius 2 is 2.08 bits per heavy atom. The molecule has 3 N–H and O–H groups in total. The number of nitrogens with one attached hydrogen (secondary N) is 1. The molecule has 2 unspecified atom stereocenters. The maximum absolute atomic E-state index is 12.7. The highest BCUT2D eigenvalue weighted by Gasteiger charge is 2.30. The van der Waals surface area contributed by atoms with E-state index in [4.69, 9.17) is 5.73 Å². The number of H-pyrrole nitrogens is 1. The second kappa shape index (κ2) is 7.69. The number of nitrogens with zero attached hydrogens (tertiary/aromatic N) is 2. The number of aromatic nitrogens is 1. The lowest BCUT2D eigenvalue weighted by atomic mass is 9.92. The molecule has 1 amide bonds. The largest absolute Gasteiger partial charge is 0.356 e. The topological polar surface area (TPSA) is 99.5 Å². The predicted octanol–water partition coefficient (Wildman–Crippen LogP) is 0.952. The zero-order valence-corrected chi connectivity index (χ0v) is 16.1. The minimum absolute atomic E-state index is 0.0483. The van der Waals surface area contributed by atoms with Gasteiger partial charge in [0.15, 0.2) is 0 Å². The van der Waals surface area contributed by atoms with Crippen LogP contribution in [0, 0.1) is 5.92 Å². The Morgan fingerprint density at radius 3 is 2.76 bits per heavy atom. The van der Waals surface area contributed by atoms with Crippen LogP contribution in [0.1, 0.15) is 30.3 Å². The zero-order valence-electron chi connectivity index (χ0n) is 14.5. The van der Waals surface area contributed by atoms with Gasteiger partial charge in [-0.15, -0.1) is 0 Å². The molecular formula is C16H26N4O3S2. The standard InChI is InChI=1S/C16H26N4O3S2/c1-12(17)13-3-2-4-19(11-13)16(21)15-9-14(10-18-15)25(22,23)20-5-7-24-8-6-20/h9-10,12-13,18H,2-8,11,17H2,1H3. The highest BCUT2D eigenvalue weighted by atomic mass is 32.2. The number of piperidine rings is 1. The smallest absolute Gasteiger partial charge is 0.270 e. The summed E-state index contributed by atoms with van der Waals surface area (Å²) in [5.74, 6) is 1.76. The van der Waals surface area contributed by atoms with Gasteiger partial charge in [0, 0.05) is 49.9 Å². The normalized spacial score (nSPS) is 24.2. The Bertz CT molecular complexity index is 711. The first kappa shape index (κ1) is 18.8. The number of likely N-dealkylation sites (tertiary alicyclic amines) is 1. The maximum Gasteiger partial charge on any atom is 0.270 e. The summed E-state index contributed by atoms with van der Waals surface area (Å²) in [4.78, 5) is 17.5. The molecule has 0 aliphatic carbocycles. The average molecular weight is 387 g/mol. The number of amides is 1. The second-order valence-corrected chi connectivity index (χ2v) is 9.94. The number of aromatic amines is 1. The summed E-state index contributed by atoms with van der Waals surface area (Å²) in [5.41, 5.74) is 6.31. The van der Waals surface area contributed by atoms with Crippen LogP contribution in [0.25, 0.3) is 0 Å². The molecule has 0 saturated carbocycles. The summed E-state index contributed by atoms with van der Waals surface area (Å²) in [6.07, 6.45) is 3.38. The van der Waals surface area contributed by atoms with Crippen molar-refractivity contribution in [2.24, 2.45) is 11.7 Å². The van der Waals surface area contributed by atoms with E-state index in [1.807, 2.05) is 6.92 Å². The number of hydrogen-bond acceptors (Lipinski definition) is 5. The Kier molecular flexibility index (Phi) is 5.77. The molecule has 0 radical (unpaired) electrons. The molecule has 2 saturated heterocycles. The summed E-state index contributed by atoms with van der Waals surface area (Å²) in [7, 11) is -3.53. The number of sulfonamides is 1. The highest BCUT2D eigenvalue weighted by molar-refractivity contribution is 7.99. The molecule has 7 nitrogen and oxygen atoms in total. The van der Waals surface area contributed by atoms with Gasteiger partial charge in [-0.25, -0.2) is 8.42 Å². The number of carbonyl (C=O) groups excluding carboxylic acids is 1. The van der Waals surface area contributed by atoms with Crippen LogP contribution in [0.3, 0.4) is 0 Å². The summed E-state index contributed by atoms with van der Waals surface area (Å²) in [6.45, 7) is 4.32. The van der Waals surface area contributed by atoms with Gasteiger partial charge >= 0.3 is 0 Å². The van der Waals surface area contributed by atoms with Crippen LogP contribution in [0.4, 0.5) is 0 Å². The van der Waals surface area contributed by atoms with Crippen molar-refractivity contribution in [1.29, 1.82) is 0 Å². The number of hydrogen-bond donors (Lipinski definition) is 2. The van der Waals surface area contributed by atoms with Crippen LogP contribution >= 0.6 is 11.8 Å². The fourth-order valence-corrected chi connectivity index (χ4v) is 5.95. The molecule has 9 heteroatoms. The lowest BCUT2D eigenvalue weighted by Crippen LogP contribution is -2.45. The van der Waals surface area contributed by atoms with Gasteiger partial charge in [0.25, 0.3) is 5.91 Å². The Hall–Kier alpha value is -1.03. The molecule has 2 aliphatic heterocycles. The Labute approximate surface area is 153 Å². The van der Waals surface area contributed by atoms with Crippen molar-refractivity contribution in [2.45, 2.75) is 30.7 Å². The van der Waals surface area contributed by atoms with Crippen molar-refractivity contribution in [2.75, 3.05) is 37.7 Å². The lowest BCUT2D eigenvalue weighted by Gasteiger charge is -2.34. The summed E-state index contributed by atoms with van der Waals surface area (Å²) >= 11 is 1.76. The molecule has 3 heterocycles. The van der Waals surface area contributed by atoms with E-state index in [9.17, 15) is 13.2 Å². The first-order valence-corrected chi connectivity index (χ1v) is 11.3. The van der Waals surface area contributed by atoms with Crippen LogP contribution in [0.5, 0.6) is 0 Å². The first-order chi connectivity index (χ1) is 11.9. The highest BCUT2D eigenvalue weighted by Crippen LogP contribution is 2.23. The third-order valence-corrected chi connectivity index (χ3v) is 7.80. The van der Waals surface area contributed by atoms with E-state index in [0.29, 0.717) is 37.8 Å². The van der Waals surface area contributed by atoms with Crippen LogP contribution in [0.15, 0.2) is 17.2 Å². The molecule has 2 aliphatic rings.